The molecule has 0 radical (unpaired) electrons. The largest absolute Gasteiger partial charge is 0.395 e. The highest BCUT2D eigenvalue weighted by molar-refractivity contribution is 6.02. The maximum Gasteiger partial charge on any atom is 0.171 e. The number of hydrogen-bond donors (Lipinski definition) is 1. The first-order valence-corrected chi connectivity index (χ1v) is 7.07. The number of carbonyl (C=O) groups is 1. The molecule has 2 nitrogen and oxygen atoms in total. The monoisotopic (exact) mass is 260 g/mol. The quantitative estimate of drug-likeness (QED) is 0.842. The minimum Gasteiger partial charge on any atom is -0.395 e. The SMILES string of the molecule is Cc1cc(C(C)(C)C)ccc1C(=O)C1(CO)CCC1. The zero-order chi connectivity index (χ0) is 14.3. The lowest BCUT2D eigenvalue weighted by Crippen LogP contribution is -2.41. The smallest absolute Gasteiger partial charge is 0.171 e. The van der Waals surface area contributed by atoms with Crippen LogP contribution in [0.1, 0.15) is 61.5 Å². The lowest BCUT2D eigenvalue weighted by molar-refractivity contribution is 0.0347. The molecular formula is C17H24O2. The van der Waals surface area contributed by atoms with Gasteiger partial charge in [0.1, 0.15) is 0 Å². The molecule has 1 N–H and O–H groups in total. The molecule has 1 aromatic rings. The maximum absolute atomic E-state index is 12.6. The van der Waals surface area contributed by atoms with Crippen LogP contribution < -0.4 is 0 Å². The fourth-order valence-electron chi connectivity index (χ4n) is 2.73. The average Bonchev–Trinajstić information content (AvgIpc) is 2.26. The number of aliphatic hydroxyl groups excluding tert-OH is 1. The van der Waals surface area contributed by atoms with Crippen LogP contribution in [-0.2, 0) is 5.41 Å². The second-order valence-corrected chi connectivity index (χ2v) is 6.90. The van der Waals surface area contributed by atoms with E-state index in [9.17, 15) is 9.90 Å². The summed E-state index contributed by atoms with van der Waals surface area (Å²) in [5.74, 6) is 0.124. The fourth-order valence-corrected chi connectivity index (χ4v) is 2.73. The van der Waals surface area contributed by atoms with Gasteiger partial charge in [-0.25, -0.2) is 0 Å². The van der Waals surface area contributed by atoms with Crippen molar-refractivity contribution in [1.82, 2.24) is 0 Å². The van der Waals surface area contributed by atoms with Crippen molar-refractivity contribution in [2.24, 2.45) is 5.41 Å². The van der Waals surface area contributed by atoms with Crippen molar-refractivity contribution in [3.05, 3.63) is 34.9 Å². The van der Waals surface area contributed by atoms with Crippen LogP contribution in [-0.4, -0.2) is 17.5 Å². The molecule has 0 unspecified atom stereocenters. The van der Waals surface area contributed by atoms with E-state index in [1.54, 1.807) is 0 Å². The minimum atomic E-state index is -0.492. The molecule has 0 aliphatic heterocycles. The molecule has 0 saturated heterocycles. The molecule has 0 bridgehead atoms. The Hall–Kier alpha value is -1.15. The average molecular weight is 260 g/mol. The highest BCUT2D eigenvalue weighted by Crippen LogP contribution is 2.43. The van der Waals surface area contributed by atoms with Crippen molar-refractivity contribution >= 4 is 5.78 Å². The van der Waals surface area contributed by atoms with Crippen molar-refractivity contribution in [2.75, 3.05) is 6.61 Å². The first-order valence-electron chi connectivity index (χ1n) is 7.07. The van der Waals surface area contributed by atoms with E-state index < -0.39 is 5.41 Å². The Bertz CT molecular complexity index is 485. The van der Waals surface area contributed by atoms with Crippen LogP contribution in [0.2, 0.25) is 0 Å². The first kappa shape index (κ1) is 14.3. The highest BCUT2D eigenvalue weighted by Gasteiger charge is 2.44. The van der Waals surface area contributed by atoms with Crippen LogP contribution in [0.5, 0.6) is 0 Å². The summed E-state index contributed by atoms with van der Waals surface area (Å²) in [6, 6.07) is 6.09. The van der Waals surface area contributed by atoms with Crippen LogP contribution in [0.15, 0.2) is 18.2 Å². The van der Waals surface area contributed by atoms with E-state index in [2.05, 4.69) is 26.8 Å². The molecular weight excluding hydrogens is 236 g/mol. The number of carbonyl (C=O) groups excluding carboxylic acids is 1. The standard InChI is InChI=1S/C17H24O2/c1-12-10-13(16(2,3)4)6-7-14(12)15(19)17(11-18)8-5-9-17/h6-7,10,18H,5,8-9,11H2,1-4H3. The zero-order valence-corrected chi connectivity index (χ0v) is 12.4. The predicted molar refractivity (Wildman–Crippen MR) is 77.6 cm³/mol. The molecule has 1 saturated carbocycles. The number of ketones is 1. The molecule has 104 valence electrons. The Morgan fingerprint density at radius 2 is 1.95 bits per heavy atom. The van der Waals surface area contributed by atoms with Gasteiger partial charge in [-0.05, 0) is 36.3 Å². The van der Waals surface area contributed by atoms with Crippen molar-refractivity contribution in [2.45, 2.75) is 52.4 Å². The summed E-state index contributed by atoms with van der Waals surface area (Å²) in [6.45, 7) is 8.48. The molecule has 1 aromatic carbocycles. The van der Waals surface area contributed by atoms with Crippen LogP contribution in [0.25, 0.3) is 0 Å². The Morgan fingerprint density at radius 1 is 1.32 bits per heavy atom. The Morgan fingerprint density at radius 3 is 2.32 bits per heavy atom. The Balaban J connectivity index is 2.34. The zero-order valence-electron chi connectivity index (χ0n) is 12.4. The van der Waals surface area contributed by atoms with E-state index in [0.717, 1.165) is 30.4 Å². The number of rotatable bonds is 3. The number of Topliss-reactive ketones (excluding diaryl/α,β-unsaturated/α-hetero) is 1. The van der Waals surface area contributed by atoms with Gasteiger partial charge in [0.25, 0.3) is 0 Å². The Labute approximate surface area is 115 Å². The van der Waals surface area contributed by atoms with E-state index in [1.807, 2.05) is 19.1 Å². The molecule has 2 heteroatoms. The molecule has 0 atom stereocenters. The molecule has 0 spiro atoms. The lowest BCUT2D eigenvalue weighted by Gasteiger charge is -2.39. The third-order valence-corrected chi connectivity index (χ3v) is 4.43. The predicted octanol–water partition coefficient (Wildman–Crippen LogP) is 3.64. The highest BCUT2D eigenvalue weighted by atomic mass is 16.3. The second-order valence-electron chi connectivity index (χ2n) is 6.90. The lowest BCUT2D eigenvalue weighted by atomic mass is 9.64. The molecule has 1 fully saturated rings. The molecule has 19 heavy (non-hydrogen) atoms. The Kier molecular flexibility index (Phi) is 3.57. The summed E-state index contributed by atoms with van der Waals surface area (Å²) in [5.41, 5.74) is 2.65. The van der Waals surface area contributed by atoms with Crippen molar-refractivity contribution in [1.29, 1.82) is 0 Å². The third-order valence-electron chi connectivity index (χ3n) is 4.43. The van der Waals surface area contributed by atoms with Crippen LogP contribution in [0.3, 0.4) is 0 Å². The molecule has 1 aliphatic carbocycles. The first-order chi connectivity index (χ1) is 8.80. The van der Waals surface area contributed by atoms with Gasteiger partial charge in [-0.1, -0.05) is 45.4 Å². The minimum absolute atomic E-state index is 0.0215. The number of aryl methyl sites for hydroxylation is 1. The second kappa shape index (κ2) is 4.75. The van der Waals surface area contributed by atoms with E-state index in [1.165, 1.54) is 5.56 Å². The normalized spacial score (nSPS) is 17.9. The van der Waals surface area contributed by atoms with E-state index in [0.29, 0.717) is 0 Å². The third kappa shape index (κ3) is 2.46. The summed E-state index contributed by atoms with van der Waals surface area (Å²) in [6.07, 6.45) is 2.69. The number of benzene rings is 1. The van der Waals surface area contributed by atoms with E-state index in [4.69, 9.17) is 0 Å². The number of hydrogen-bond acceptors (Lipinski definition) is 2. The van der Waals surface area contributed by atoms with Crippen molar-refractivity contribution in [3.8, 4) is 0 Å². The summed E-state index contributed by atoms with van der Waals surface area (Å²) in [5, 5.41) is 9.52. The van der Waals surface area contributed by atoms with Gasteiger partial charge in [0.2, 0.25) is 0 Å². The molecule has 2 rings (SSSR count). The van der Waals surface area contributed by atoms with Gasteiger partial charge in [-0.2, -0.15) is 0 Å². The molecule has 0 heterocycles. The van der Waals surface area contributed by atoms with Gasteiger partial charge < -0.3 is 5.11 Å². The summed E-state index contributed by atoms with van der Waals surface area (Å²) in [7, 11) is 0. The van der Waals surface area contributed by atoms with Crippen LogP contribution in [0, 0.1) is 12.3 Å². The topological polar surface area (TPSA) is 37.3 Å². The van der Waals surface area contributed by atoms with Gasteiger partial charge >= 0.3 is 0 Å². The van der Waals surface area contributed by atoms with Crippen LogP contribution in [0.4, 0.5) is 0 Å². The molecule has 0 amide bonds. The maximum atomic E-state index is 12.6. The van der Waals surface area contributed by atoms with Gasteiger partial charge in [-0.15, -0.1) is 0 Å². The number of aliphatic hydroxyl groups is 1. The summed E-state index contributed by atoms with van der Waals surface area (Å²) >= 11 is 0. The van der Waals surface area contributed by atoms with Gasteiger partial charge in [0.15, 0.2) is 5.78 Å². The van der Waals surface area contributed by atoms with Gasteiger partial charge in [0.05, 0.1) is 12.0 Å². The van der Waals surface area contributed by atoms with Crippen molar-refractivity contribution in [3.63, 3.8) is 0 Å². The molecule has 1 aliphatic rings. The fraction of sp³-hybridized carbons (Fsp3) is 0.588. The van der Waals surface area contributed by atoms with E-state index in [-0.39, 0.29) is 17.8 Å². The summed E-state index contributed by atoms with van der Waals surface area (Å²) < 4.78 is 0. The van der Waals surface area contributed by atoms with Crippen molar-refractivity contribution < 1.29 is 9.90 Å². The summed E-state index contributed by atoms with van der Waals surface area (Å²) in [4.78, 5) is 12.6. The van der Waals surface area contributed by atoms with Gasteiger partial charge in [-0.3, -0.25) is 4.79 Å². The molecule has 0 aromatic heterocycles. The van der Waals surface area contributed by atoms with Gasteiger partial charge in [0, 0.05) is 5.56 Å². The van der Waals surface area contributed by atoms with Crippen LogP contribution >= 0.6 is 0 Å². The van der Waals surface area contributed by atoms with E-state index >= 15 is 0 Å².